The molecule has 0 aliphatic carbocycles. The van der Waals surface area contributed by atoms with Gasteiger partial charge < -0.3 is 9.97 Å². The van der Waals surface area contributed by atoms with Gasteiger partial charge in [-0.1, -0.05) is 65.7 Å². The molecule has 0 spiro atoms. The van der Waals surface area contributed by atoms with Crippen LogP contribution in [0, 0.1) is 26.0 Å². The van der Waals surface area contributed by atoms with Crippen LogP contribution >= 0.6 is 31.9 Å². The molecule has 0 unspecified atom stereocenters. The van der Waals surface area contributed by atoms with Crippen LogP contribution in [-0.2, 0) is 20.1 Å². The van der Waals surface area contributed by atoms with Gasteiger partial charge in [-0.15, -0.1) is 21.5 Å². The Labute approximate surface area is 333 Å². The van der Waals surface area contributed by atoms with Crippen molar-refractivity contribution in [3.63, 3.8) is 0 Å². The summed E-state index contributed by atoms with van der Waals surface area (Å²) in [5, 5.41) is 4.92. The van der Waals surface area contributed by atoms with Crippen molar-refractivity contribution < 1.29 is 20.1 Å². The van der Waals surface area contributed by atoms with Crippen molar-refractivity contribution in [3.05, 3.63) is 178 Å². The number of aromatic nitrogens is 5. The number of para-hydroxylation sites is 2. The van der Waals surface area contributed by atoms with Gasteiger partial charge in [-0.2, -0.15) is 48.5 Å². The quantitative estimate of drug-likeness (QED) is 0.165. The van der Waals surface area contributed by atoms with Crippen molar-refractivity contribution in [3.8, 4) is 34.0 Å². The smallest absolute Gasteiger partial charge is 0.434 e. The summed E-state index contributed by atoms with van der Waals surface area (Å²) >= 11 is 6.82. The Kier molecular flexibility index (Phi) is 12.1. The number of halogens is 2. The first kappa shape index (κ1) is 36.9. The van der Waals surface area contributed by atoms with Crippen LogP contribution < -0.4 is 4.98 Å². The molecule has 0 amide bonds. The number of pyridine rings is 3. The zero-order chi connectivity index (χ0) is 35.2. The Bertz CT molecular complexity index is 2410. The second-order valence-corrected chi connectivity index (χ2v) is 13.6. The standard InChI is InChI=1S/2C16H11BrN.C12H8N3.Ir/c2*1-11-6-8-15(14-5-3-2-4-13(11)14)16-9-7-12(17)10-18-16;1-2-6-10-9(5-1)14-12(15-10)11-7-3-4-8-13-11;/h2*2,4-10H,1H3;1-8H;/q3*-1;+3. The molecule has 254 valence electrons. The third-order valence-electron chi connectivity index (χ3n) is 8.39. The van der Waals surface area contributed by atoms with Gasteiger partial charge in [0.05, 0.1) is 17.1 Å². The molecular weight excluding hydrogens is 951 g/mol. The minimum absolute atomic E-state index is 0. The van der Waals surface area contributed by atoms with E-state index in [-0.39, 0.29) is 20.1 Å². The predicted molar refractivity (Wildman–Crippen MR) is 215 cm³/mol. The third kappa shape index (κ3) is 8.43. The monoisotopic (exact) mass is 979 g/mol. The van der Waals surface area contributed by atoms with Crippen molar-refractivity contribution in [1.29, 1.82) is 0 Å². The van der Waals surface area contributed by atoms with Gasteiger partial charge in [-0.05, 0) is 110 Å². The van der Waals surface area contributed by atoms with Gasteiger partial charge in [0.15, 0.2) is 0 Å². The van der Waals surface area contributed by atoms with E-state index in [0.29, 0.717) is 5.82 Å². The zero-order valence-corrected chi connectivity index (χ0v) is 33.7. The van der Waals surface area contributed by atoms with Gasteiger partial charge >= 0.3 is 20.1 Å². The summed E-state index contributed by atoms with van der Waals surface area (Å²) in [4.78, 5) is 22.0. The Morgan fingerprint density at radius 3 is 1.60 bits per heavy atom. The Morgan fingerprint density at radius 2 is 1.10 bits per heavy atom. The molecule has 0 saturated carbocycles. The molecule has 0 aliphatic heterocycles. The molecule has 9 aromatic rings. The van der Waals surface area contributed by atoms with E-state index >= 15 is 0 Å². The van der Waals surface area contributed by atoms with Gasteiger partial charge in [-0.3, -0.25) is 15.0 Å². The molecule has 0 fully saturated rings. The SMILES string of the molecule is Cc1ccc(-c2ccc(Br)cn2)c2c[c-]ccc12.Cc1ccc(-c2ccc(Br)cn2)c2c[c-]ccc12.[Ir+3].c1ccc(-c2nc3ccccc3[n-]2)nc1. The predicted octanol–water partition coefficient (Wildman–Crippen LogP) is 11.8. The molecule has 4 aromatic heterocycles. The molecule has 0 atom stereocenters. The van der Waals surface area contributed by atoms with Gasteiger partial charge in [-0.25, -0.2) is 0 Å². The largest absolute Gasteiger partial charge is 3.00 e. The normalized spacial score (nSPS) is 10.5. The zero-order valence-electron chi connectivity index (χ0n) is 28.2. The number of imidazole rings is 1. The summed E-state index contributed by atoms with van der Waals surface area (Å²) in [6.07, 6.45) is 5.40. The first-order valence-corrected chi connectivity index (χ1v) is 17.9. The minimum atomic E-state index is 0. The van der Waals surface area contributed by atoms with Gasteiger partial charge in [0.25, 0.3) is 0 Å². The second-order valence-electron chi connectivity index (χ2n) is 11.8. The number of aryl methyl sites for hydroxylation is 2. The maximum Gasteiger partial charge on any atom is 3.00 e. The summed E-state index contributed by atoms with van der Waals surface area (Å²) in [6, 6.07) is 48.6. The Morgan fingerprint density at radius 1 is 0.538 bits per heavy atom. The summed E-state index contributed by atoms with van der Waals surface area (Å²) in [5.41, 5.74) is 9.48. The number of rotatable bonds is 3. The van der Waals surface area contributed by atoms with Gasteiger partial charge in [0.2, 0.25) is 0 Å². The molecule has 4 heterocycles. The van der Waals surface area contributed by atoms with Gasteiger partial charge in [0.1, 0.15) is 0 Å². The fraction of sp³-hybridized carbons (Fsp3) is 0.0455. The fourth-order valence-electron chi connectivity index (χ4n) is 5.80. The number of fused-ring (bicyclic) bond motifs is 3. The van der Waals surface area contributed by atoms with Crippen molar-refractivity contribution >= 4 is 64.4 Å². The molecule has 8 heteroatoms. The molecule has 5 aromatic carbocycles. The minimum Gasteiger partial charge on any atom is -0.434 e. The maximum absolute atomic E-state index is 4.47. The number of hydrogen-bond donors (Lipinski definition) is 0. The van der Waals surface area contributed by atoms with Crippen LogP contribution in [0.15, 0.2) is 155 Å². The van der Waals surface area contributed by atoms with Crippen LogP contribution in [0.2, 0.25) is 0 Å². The molecule has 5 nitrogen and oxygen atoms in total. The molecule has 0 N–H and O–H groups in total. The molecular formula is C44H30Br2IrN5. The van der Waals surface area contributed by atoms with E-state index in [1.165, 1.54) is 32.7 Å². The molecule has 0 radical (unpaired) electrons. The van der Waals surface area contributed by atoms with E-state index in [1.807, 2.05) is 103 Å². The van der Waals surface area contributed by atoms with E-state index in [1.54, 1.807) is 6.20 Å². The van der Waals surface area contributed by atoms with Crippen LogP contribution in [0.1, 0.15) is 11.1 Å². The van der Waals surface area contributed by atoms with Crippen molar-refractivity contribution in [2.24, 2.45) is 0 Å². The Balaban J connectivity index is 0.000000133. The first-order valence-electron chi connectivity index (χ1n) is 16.3. The van der Waals surface area contributed by atoms with Crippen LogP contribution in [0.4, 0.5) is 0 Å². The molecule has 0 aliphatic rings. The van der Waals surface area contributed by atoms with Crippen LogP contribution in [-0.4, -0.2) is 19.9 Å². The van der Waals surface area contributed by atoms with E-state index in [9.17, 15) is 0 Å². The topological polar surface area (TPSA) is 65.7 Å². The number of benzene rings is 5. The summed E-state index contributed by atoms with van der Waals surface area (Å²) in [7, 11) is 0. The third-order valence-corrected chi connectivity index (χ3v) is 9.33. The number of nitrogens with zero attached hydrogens (tertiary/aromatic N) is 5. The van der Waals surface area contributed by atoms with Crippen LogP contribution in [0.3, 0.4) is 0 Å². The first-order chi connectivity index (χ1) is 24.9. The van der Waals surface area contributed by atoms with Crippen LogP contribution in [0.25, 0.3) is 66.6 Å². The van der Waals surface area contributed by atoms with Gasteiger partial charge in [0, 0.05) is 27.5 Å². The average Bonchev–Trinajstić information content (AvgIpc) is 3.62. The van der Waals surface area contributed by atoms with Crippen molar-refractivity contribution in [1.82, 2.24) is 24.9 Å². The molecule has 0 bridgehead atoms. The molecule has 0 saturated heterocycles. The van der Waals surface area contributed by atoms with Crippen LogP contribution in [0.5, 0.6) is 0 Å². The Hall–Kier alpha value is -4.85. The maximum atomic E-state index is 4.47. The van der Waals surface area contributed by atoms with E-state index in [0.717, 1.165) is 48.2 Å². The van der Waals surface area contributed by atoms with Crippen molar-refractivity contribution in [2.75, 3.05) is 0 Å². The van der Waals surface area contributed by atoms with Crippen molar-refractivity contribution in [2.45, 2.75) is 13.8 Å². The number of hydrogen-bond acceptors (Lipinski definition) is 4. The molecule has 9 rings (SSSR count). The second kappa shape index (κ2) is 17.1. The molecule has 52 heavy (non-hydrogen) atoms. The summed E-state index contributed by atoms with van der Waals surface area (Å²) in [5.74, 6) is 0.691. The van der Waals surface area contributed by atoms with E-state index in [4.69, 9.17) is 0 Å². The average molecular weight is 981 g/mol. The summed E-state index contributed by atoms with van der Waals surface area (Å²) in [6.45, 7) is 4.25. The fourth-order valence-corrected chi connectivity index (χ4v) is 6.27. The van der Waals surface area contributed by atoms with E-state index < -0.39 is 0 Å². The van der Waals surface area contributed by atoms with E-state index in [2.05, 4.69) is 119 Å². The summed E-state index contributed by atoms with van der Waals surface area (Å²) < 4.78 is 1.99.